The zero-order chi connectivity index (χ0) is 21.0. The van der Waals surface area contributed by atoms with Gasteiger partial charge in [-0.05, 0) is 42.5 Å². The fraction of sp³-hybridized carbons (Fsp3) is 0.100. The van der Waals surface area contributed by atoms with Gasteiger partial charge in [0.2, 0.25) is 0 Å². The number of methoxy groups -OCH3 is 2. The number of hydrogen-bond donors (Lipinski definition) is 1. The highest BCUT2D eigenvalue weighted by atomic mass is 19.1. The van der Waals surface area contributed by atoms with Crippen molar-refractivity contribution < 1.29 is 32.8 Å². The molecule has 0 radical (unpaired) electrons. The fourth-order valence-corrected chi connectivity index (χ4v) is 2.50. The highest BCUT2D eigenvalue weighted by Gasteiger charge is 2.18. The predicted octanol–water partition coefficient (Wildman–Crippen LogP) is 3.31. The summed E-state index contributed by atoms with van der Waals surface area (Å²) in [5.41, 5.74) is 0.756. The highest BCUT2D eigenvalue weighted by Crippen LogP contribution is 2.22. The van der Waals surface area contributed by atoms with Crippen molar-refractivity contribution in [3.8, 4) is 11.3 Å². The van der Waals surface area contributed by atoms with Crippen LogP contribution in [0, 0.1) is 5.82 Å². The number of carbonyl (C=O) groups is 3. The molecular weight excluding hydrogens is 383 g/mol. The second-order valence-electron chi connectivity index (χ2n) is 5.82. The van der Waals surface area contributed by atoms with Gasteiger partial charge in [-0.2, -0.15) is 0 Å². The molecule has 1 N–H and O–H groups in total. The van der Waals surface area contributed by atoms with Gasteiger partial charge in [0.1, 0.15) is 5.82 Å². The Balaban J connectivity index is 1.85. The molecule has 29 heavy (non-hydrogen) atoms. The maximum absolute atomic E-state index is 13.0. The van der Waals surface area contributed by atoms with E-state index in [4.69, 9.17) is 4.52 Å². The maximum atomic E-state index is 13.0. The molecule has 0 aliphatic carbocycles. The van der Waals surface area contributed by atoms with E-state index < -0.39 is 23.7 Å². The number of nitrogens with one attached hydrogen (secondary N) is 1. The van der Waals surface area contributed by atoms with Crippen LogP contribution in [0.1, 0.15) is 31.2 Å². The number of esters is 2. The summed E-state index contributed by atoms with van der Waals surface area (Å²) in [6, 6.07) is 10.8. The van der Waals surface area contributed by atoms with Gasteiger partial charge < -0.3 is 19.3 Å². The van der Waals surface area contributed by atoms with Gasteiger partial charge in [-0.3, -0.25) is 4.79 Å². The molecule has 0 aliphatic rings. The molecule has 0 unspecified atom stereocenters. The minimum atomic E-state index is -0.689. The number of hydrogen-bond acceptors (Lipinski definition) is 7. The Bertz CT molecular complexity index is 1040. The molecule has 0 aliphatic heterocycles. The van der Waals surface area contributed by atoms with E-state index in [0.29, 0.717) is 5.56 Å². The first-order chi connectivity index (χ1) is 13.9. The van der Waals surface area contributed by atoms with Crippen LogP contribution < -0.4 is 5.32 Å². The highest BCUT2D eigenvalue weighted by molar-refractivity contribution is 6.05. The summed E-state index contributed by atoms with van der Waals surface area (Å²) in [7, 11) is 2.38. The first-order valence-electron chi connectivity index (χ1n) is 8.27. The summed E-state index contributed by atoms with van der Waals surface area (Å²) >= 11 is 0. The maximum Gasteiger partial charge on any atom is 0.337 e. The van der Waals surface area contributed by atoms with Crippen LogP contribution in [0.5, 0.6) is 0 Å². The van der Waals surface area contributed by atoms with Crippen molar-refractivity contribution in [2.75, 3.05) is 19.5 Å². The number of anilines is 1. The topological polar surface area (TPSA) is 108 Å². The lowest BCUT2D eigenvalue weighted by Gasteiger charge is -2.08. The molecule has 0 bridgehead atoms. The fourth-order valence-electron chi connectivity index (χ4n) is 2.50. The molecule has 1 amide bonds. The molecule has 0 spiro atoms. The number of halogens is 1. The van der Waals surface area contributed by atoms with Crippen molar-refractivity contribution in [2.45, 2.75) is 0 Å². The van der Waals surface area contributed by atoms with Crippen LogP contribution in [0.15, 0.2) is 53.1 Å². The van der Waals surface area contributed by atoms with Crippen LogP contribution in [0.3, 0.4) is 0 Å². The van der Waals surface area contributed by atoms with E-state index in [1.807, 2.05) is 0 Å². The lowest BCUT2D eigenvalue weighted by Crippen LogP contribution is -2.14. The Morgan fingerprint density at radius 3 is 2.07 bits per heavy atom. The van der Waals surface area contributed by atoms with E-state index in [-0.39, 0.29) is 28.3 Å². The largest absolute Gasteiger partial charge is 0.465 e. The predicted molar refractivity (Wildman–Crippen MR) is 99.0 cm³/mol. The minimum Gasteiger partial charge on any atom is -0.465 e. The van der Waals surface area contributed by atoms with E-state index in [1.54, 1.807) is 0 Å². The van der Waals surface area contributed by atoms with Crippen LogP contribution in [0.4, 0.5) is 10.1 Å². The Morgan fingerprint density at radius 2 is 1.52 bits per heavy atom. The van der Waals surface area contributed by atoms with Crippen LogP contribution in [-0.4, -0.2) is 37.2 Å². The number of rotatable bonds is 5. The van der Waals surface area contributed by atoms with Crippen molar-refractivity contribution in [3.05, 3.63) is 71.2 Å². The van der Waals surface area contributed by atoms with Crippen molar-refractivity contribution >= 4 is 23.5 Å². The van der Waals surface area contributed by atoms with Gasteiger partial charge in [0.15, 0.2) is 11.5 Å². The van der Waals surface area contributed by atoms with Crippen LogP contribution in [0.2, 0.25) is 0 Å². The second-order valence-corrected chi connectivity index (χ2v) is 5.82. The molecule has 0 fully saturated rings. The molecule has 9 heteroatoms. The smallest absolute Gasteiger partial charge is 0.337 e. The Hall–Kier alpha value is -4.01. The summed E-state index contributed by atoms with van der Waals surface area (Å²) in [5.74, 6) is -2.15. The van der Waals surface area contributed by atoms with Gasteiger partial charge in [-0.1, -0.05) is 5.16 Å². The minimum absolute atomic E-state index is 0.0487. The monoisotopic (exact) mass is 398 g/mol. The summed E-state index contributed by atoms with van der Waals surface area (Å²) < 4.78 is 27.5. The Morgan fingerprint density at radius 1 is 0.931 bits per heavy atom. The number of amides is 1. The molecule has 0 saturated carbocycles. The normalized spacial score (nSPS) is 10.3. The lowest BCUT2D eigenvalue weighted by molar-refractivity contribution is 0.0599. The average molecular weight is 398 g/mol. The first kappa shape index (κ1) is 19.7. The Kier molecular flexibility index (Phi) is 5.68. The molecule has 148 valence electrons. The van der Waals surface area contributed by atoms with Gasteiger partial charge in [0.25, 0.3) is 5.91 Å². The number of carbonyl (C=O) groups excluding carboxylic acids is 3. The van der Waals surface area contributed by atoms with Gasteiger partial charge in [0, 0.05) is 17.3 Å². The zero-order valence-corrected chi connectivity index (χ0v) is 15.4. The van der Waals surface area contributed by atoms with E-state index in [9.17, 15) is 18.8 Å². The van der Waals surface area contributed by atoms with E-state index in [2.05, 4.69) is 19.9 Å². The van der Waals surface area contributed by atoms with Gasteiger partial charge in [0.05, 0.1) is 25.3 Å². The molecule has 1 aromatic heterocycles. The summed E-state index contributed by atoms with van der Waals surface area (Å²) in [5, 5.41) is 6.23. The van der Waals surface area contributed by atoms with Crippen LogP contribution in [0.25, 0.3) is 11.3 Å². The standard InChI is InChI=1S/C20H15FN2O6/c1-27-19(25)12-7-13(20(26)28-2)9-15(8-12)22-18(24)16-10-17(29-23-16)11-3-5-14(21)6-4-11/h3-10H,1-2H3,(H,22,24). The van der Waals surface area contributed by atoms with Crippen molar-refractivity contribution in [2.24, 2.45) is 0 Å². The molecule has 3 aromatic rings. The molecule has 1 heterocycles. The molecular formula is C20H15FN2O6. The molecule has 2 aromatic carbocycles. The van der Waals surface area contributed by atoms with Crippen molar-refractivity contribution in [1.29, 1.82) is 0 Å². The quantitative estimate of drug-likeness (QED) is 0.657. The number of ether oxygens (including phenoxy) is 2. The van der Waals surface area contributed by atoms with Crippen LogP contribution in [-0.2, 0) is 9.47 Å². The molecule has 8 nitrogen and oxygen atoms in total. The second kappa shape index (κ2) is 8.34. The lowest BCUT2D eigenvalue weighted by atomic mass is 10.1. The first-order valence-corrected chi connectivity index (χ1v) is 8.27. The van der Waals surface area contributed by atoms with Crippen LogP contribution >= 0.6 is 0 Å². The van der Waals surface area contributed by atoms with Gasteiger partial charge in [-0.15, -0.1) is 0 Å². The zero-order valence-electron chi connectivity index (χ0n) is 15.4. The van der Waals surface area contributed by atoms with Gasteiger partial charge in [-0.25, -0.2) is 14.0 Å². The number of nitrogens with zero attached hydrogens (tertiary/aromatic N) is 1. The number of aromatic nitrogens is 1. The third kappa shape index (κ3) is 4.46. The summed E-state index contributed by atoms with van der Waals surface area (Å²) in [4.78, 5) is 36.1. The SMILES string of the molecule is COC(=O)c1cc(NC(=O)c2cc(-c3ccc(F)cc3)on2)cc(C(=O)OC)c1. The summed E-state index contributed by atoms with van der Waals surface area (Å²) in [6.07, 6.45) is 0. The van der Waals surface area contributed by atoms with E-state index in [0.717, 1.165) is 0 Å². The van der Waals surface area contributed by atoms with Crippen molar-refractivity contribution in [3.63, 3.8) is 0 Å². The van der Waals surface area contributed by atoms with E-state index >= 15 is 0 Å². The summed E-state index contributed by atoms with van der Waals surface area (Å²) in [6.45, 7) is 0. The van der Waals surface area contributed by atoms with E-state index in [1.165, 1.54) is 62.8 Å². The molecule has 0 atom stereocenters. The number of benzene rings is 2. The molecule has 0 saturated heterocycles. The average Bonchev–Trinajstić information content (AvgIpc) is 3.23. The van der Waals surface area contributed by atoms with Gasteiger partial charge >= 0.3 is 11.9 Å². The third-order valence-electron chi connectivity index (χ3n) is 3.90. The molecule has 3 rings (SSSR count). The Labute approximate surface area is 164 Å². The van der Waals surface area contributed by atoms with Crippen molar-refractivity contribution in [1.82, 2.24) is 5.16 Å². The third-order valence-corrected chi connectivity index (χ3v) is 3.90.